The molecule has 5 rings (SSSR count). The van der Waals surface area contributed by atoms with Crippen molar-refractivity contribution in [2.45, 2.75) is 13.0 Å². The summed E-state index contributed by atoms with van der Waals surface area (Å²) < 4.78 is 27.8. The molecule has 2 aromatic carbocycles. The number of aromatic amines is 1. The minimum atomic E-state index is -0.402. The summed E-state index contributed by atoms with van der Waals surface area (Å²) in [5.41, 5.74) is 2.48. The van der Waals surface area contributed by atoms with E-state index in [4.69, 9.17) is 0 Å². The second kappa shape index (κ2) is 7.81. The molecule has 0 aliphatic heterocycles. The molecular formula is C24H17F2N5O. The molecule has 0 bridgehead atoms. The average Bonchev–Trinajstić information content (AvgIpc) is 2.78. The largest absolute Gasteiger partial charge is 0.363 e. The fraction of sp³-hybridized carbons (Fsp3) is 0.0833. The van der Waals surface area contributed by atoms with Crippen molar-refractivity contribution in [1.82, 2.24) is 19.9 Å². The Morgan fingerprint density at radius 1 is 1.00 bits per heavy atom. The Balaban J connectivity index is 1.67. The minimum Gasteiger partial charge on any atom is -0.363 e. The zero-order valence-electron chi connectivity index (χ0n) is 16.9. The van der Waals surface area contributed by atoms with Gasteiger partial charge in [-0.25, -0.2) is 23.7 Å². The van der Waals surface area contributed by atoms with Crippen LogP contribution in [0.2, 0.25) is 0 Å². The Labute approximate surface area is 181 Å². The third-order valence-electron chi connectivity index (χ3n) is 5.28. The van der Waals surface area contributed by atoms with Crippen LogP contribution in [0.25, 0.3) is 33.2 Å². The van der Waals surface area contributed by atoms with Gasteiger partial charge in [-0.2, -0.15) is 0 Å². The van der Waals surface area contributed by atoms with Gasteiger partial charge in [-0.05, 0) is 37.3 Å². The van der Waals surface area contributed by atoms with E-state index in [1.807, 2.05) is 13.0 Å². The molecule has 3 heterocycles. The number of halogens is 2. The summed E-state index contributed by atoms with van der Waals surface area (Å²) in [7, 11) is 0. The summed E-state index contributed by atoms with van der Waals surface area (Å²) in [6, 6.07) is 13.4. The van der Waals surface area contributed by atoms with Crippen LogP contribution in [0.3, 0.4) is 0 Å². The van der Waals surface area contributed by atoms with Gasteiger partial charge < -0.3 is 10.3 Å². The highest BCUT2D eigenvalue weighted by Gasteiger charge is 2.18. The van der Waals surface area contributed by atoms with Crippen LogP contribution in [0.1, 0.15) is 18.5 Å². The first kappa shape index (κ1) is 19.7. The molecule has 0 aliphatic carbocycles. The number of pyridine rings is 2. The SMILES string of the molecule is CC(Nc1ncnc2[nH]ccc(=O)c12)c1cc2ccc(F)cc2nc1-c1cccc(F)c1. The summed E-state index contributed by atoms with van der Waals surface area (Å²) in [5, 5.41) is 4.34. The van der Waals surface area contributed by atoms with E-state index in [0.29, 0.717) is 33.6 Å². The molecule has 0 spiro atoms. The molecule has 5 aromatic rings. The van der Waals surface area contributed by atoms with Gasteiger partial charge in [0, 0.05) is 34.8 Å². The number of hydrogen-bond donors (Lipinski definition) is 2. The molecule has 158 valence electrons. The average molecular weight is 429 g/mol. The number of fused-ring (bicyclic) bond motifs is 2. The van der Waals surface area contributed by atoms with Crippen molar-refractivity contribution < 1.29 is 8.78 Å². The Hall–Kier alpha value is -4.20. The number of nitrogens with one attached hydrogen (secondary N) is 2. The van der Waals surface area contributed by atoms with Gasteiger partial charge in [-0.15, -0.1) is 0 Å². The number of H-pyrrole nitrogens is 1. The lowest BCUT2D eigenvalue weighted by molar-refractivity contribution is 0.628. The van der Waals surface area contributed by atoms with E-state index in [2.05, 4.69) is 25.3 Å². The lowest BCUT2D eigenvalue weighted by Gasteiger charge is -2.20. The van der Waals surface area contributed by atoms with E-state index >= 15 is 0 Å². The number of aromatic nitrogens is 4. The molecule has 0 aliphatic rings. The van der Waals surface area contributed by atoms with Gasteiger partial charge >= 0.3 is 0 Å². The van der Waals surface area contributed by atoms with E-state index in [9.17, 15) is 13.6 Å². The molecule has 0 saturated heterocycles. The third-order valence-corrected chi connectivity index (χ3v) is 5.28. The fourth-order valence-corrected chi connectivity index (χ4v) is 3.75. The number of benzene rings is 2. The molecule has 0 amide bonds. The number of anilines is 1. The Morgan fingerprint density at radius 2 is 1.84 bits per heavy atom. The maximum absolute atomic E-state index is 14.0. The van der Waals surface area contributed by atoms with Gasteiger partial charge in [-0.1, -0.05) is 12.1 Å². The van der Waals surface area contributed by atoms with Crippen molar-refractivity contribution in [3.05, 3.63) is 94.5 Å². The lowest BCUT2D eigenvalue weighted by Crippen LogP contribution is -2.14. The zero-order chi connectivity index (χ0) is 22.2. The highest BCUT2D eigenvalue weighted by molar-refractivity contribution is 5.87. The maximum atomic E-state index is 14.0. The molecule has 8 heteroatoms. The summed E-state index contributed by atoms with van der Waals surface area (Å²) >= 11 is 0. The molecule has 0 fully saturated rings. The summed E-state index contributed by atoms with van der Waals surface area (Å²) in [5.74, 6) is -0.432. The number of hydrogen-bond acceptors (Lipinski definition) is 5. The first-order valence-electron chi connectivity index (χ1n) is 9.95. The van der Waals surface area contributed by atoms with Crippen molar-refractivity contribution in [1.29, 1.82) is 0 Å². The summed E-state index contributed by atoms with van der Waals surface area (Å²) in [6.45, 7) is 1.89. The van der Waals surface area contributed by atoms with Gasteiger partial charge in [0.2, 0.25) is 0 Å². The molecule has 1 unspecified atom stereocenters. The molecule has 2 N–H and O–H groups in total. The van der Waals surface area contributed by atoms with E-state index in [-0.39, 0.29) is 11.5 Å². The molecule has 6 nitrogen and oxygen atoms in total. The normalized spacial score (nSPS) is 12.2. The summed E-state index contributed by atoms with van der Waals surface area (Å²) in [6.07, 6.45) is 2.89. The highest BCUT2D eigenvalue weighted by atomic mass is 19.1. The molecule has 0 radical (unpaired) electrons. The lowest BCUT2D eigenvalue weighted by atomic mass is 9.98. The first-order valence-corrected chi connectivity index (χ1v) is 9.95. The van der Waals surface area contributed by atoms with Gasteiger partial charge in [0.05, 0.1) is 17.3 Å². The van der Waals surface area contributed by atoms with Crippen LogP contribution in [-0.2, 0) is 0 Å². The first-order chi connectivity index (χ1) is 15.5. The van der Waals surface area contributed by atoms with E-state index < -0.39 is 11.6 Å². The maximum Gasteiger partial charge on any atom is 0.194 e. The summed E-state index contributed by atoms with van der Waals surface area (Å²) in [4.78, 5) is 28.4. The quantitative estimate of drug-likeness (QED) is 0.421. The number of nitrogens with zero attached hydrogens (tertiary/aromatic N) is 3. The third kappa shape index (κ3) is 3.56. The van der Waals surface area contributed by atoms with Crippen molar-refractivity contribution in [2.24, 2.45) is 0 Å². The predicted molar refractivity (Wildman–Crippen MR) is 119 cm³/mol. The monoisotopic (exact) mass is 429 g/mol. The van der Waals surface area contributed by atoms with E-state index in [1.54, 1.807) is 18.2 Å². The van der Waals surface area contributed by atoms with Crippen molar-refractivity contribution >= 4 is 27.8 Å². The molecule has 1 atom stereocenters. The van der Waals surface area contributed by atoms with E-state index in [0.717, 1.165) is 10.9 Å². The second-order valence-electron chi connectivity index (χ2n) is 7.43. The standard InChI is InChI=1S/C24H17F2N5O/c1-13(30-24-21-20(32)7-8-27-23(21)28-12-29-24)18-10-14-5-6-17(26)11-19(14)31-22(18)15-3-2-4-16(25)9-15/h2-13H,1H3,(H2,27,28,29,30,32). The van der Waals surface area contributed by atoms with Gasteiger partial charge in [0.1, 0.15) is 34.8 Å². The molecular weight excluding hydrogens is 412 g/mol. The van der Waals surface area contributed by atoms with Crippen LogP contribution in [0.4, 0.5) is 14.6 Å². The van der Waals surface area contributed by atoms with Crippen LogP contribution < -0.4 is 10.7 Å². The van der Waals surface area contributed by atoms with E-state index in [1.165, 1.54) is 42.9 Å². The van der Waals surface area contributed by atoms with Crippen molar-refractivity contribution in [3.63, 3.8) is 0 Å². The second-order valence-corrected chi connectivity index (χ2v) is 7.43. The zero-order valence-corrected chi connectivity index (χ0v) is 16.9. The molecule has 3 aromatic heterocycles. The topological polar surface area (TPSA) is 83.6 Å². The Morgan fingerprint density at radius 3 is 2.69 bits per heavy atom. The van der Waals surface area contributed by atoms with Gasteiger partial charge in [0.15, 0.2) is 5.43 Å². The highest BCUT2D eigenvalue weighted by Crippen LogP contribution is 2.32. The van der Waals surface area contributed by atoms with Crippen LogP contribution in [0.5, 0.6) is 0 Å². The fourth-order valence-electron chi connectivity index (χ4n) is 3.75. The Bertz CT molecular complexity index is 1530. The van der Waals surface area contributed by atoms with Gasteiger partial charge in [-0.3, -0.25) is 4.79 Å². The van der Waals surface area contributed by atoms with Crippen LogP contribution in [-0.4, -0.2) is 19.9 Å². The molecule has 0 saturated carbocycles. The predicted octanol–water partition coefficient (Wildman–Crippen LogP) is 4.98. The smallest absolute Gasteiger partial charge is 0.194 e. The van der Waals surface area contributed by atoms with Gasteiger partial charge in [0.25, 0.3) is 0 Å². The molecule has 32 heavy (non-hydrogen) atoms. The van der Waals surface area contributed by atoms with Crippen LogP contribution in [0.15, 0.2) is 71.9 Å². The van der Waals surface area contributed by atoms with Crippen LogP contribution in [0, 0.1) is 11.6 Å². The Kier molecular flexibility index (Phi) is 4.82. The van der Waals surface area contributed by atoms with Crippen molar-refractivity contribution in [3.8, 4) is 11.3 Å². The minimum absolute atomic E-state index is 0.216. The number of rotatable bonds is 4. The van der Waals surface area contributed by atoms with Crippen LogP contribution >= 0.6 is 0 Å². The van der Waals surface area contributed by atoms with Crippen molar-refractivity contribution in [2.75, 3.05) is 5.32 Å².